The molecular formula is C19H17Cl2N3O3. The van der Waals surface area contributed by atoms with Gasteiger partial charge in [-0.25, -0.2) is 4.79 Å². The molecule has 0 saturated heterocycles. The van der Waals surface area contributed by atoms with Crippen molar-refractivity contribution in [3.05, 3.63) is 69.3 Å². The maximum atomic E-state index is 12.9. The van der Waals surface area contributed by atoms with E-state index < -0.39 is 6.04 Å². The summed E-state index contributed by atoms with van der Waals surface area (Å²) >= 11 is 11.9. The topological polar surface area (TPSA) is 79.5 Å². The molecule has 2 aromatic rings. The summed E-state index contributed by atoms with van der Waals surface area (Å²) in [6.07, 6.45) is 0. The summed E-state index contributed by atoms with van der Waals surface area (Å²) in [4.78, 5) is 24.9. The van der Waals surface area contributed by atoms with Gasteiger partial charge in [-0.15, -0.1) is 0 Å². The highest BCUT2D eigenvalue weighted by molar-refractivity contribution is 6.42. The van der Waals surface area contributed by atoms with Crippen molar-refractivity contribution in [1.29, 1.82) is 0 Å². The van der Waals surface area contributed by atoms with Crippen LogP contribution in [0.25, 0.3) is 0 Å². The highest BCUT2D eigenvalue weighted by Gasteiger charge is 2.31. The molecule has 0 radical (unpaired) electrons. The second-order valence-electron chi connectivity index (χ2n) is 5.93. The minimum atomic E-state index is -0.604. The van der Waals surface area contributed by atoms with Gasteiger partial charge < -0.3 is 20.7 Å². The molecule has 0 aliphatic carbocycles. The number of rotatable bonds is 4. The van der Waals surface area contributed by atoms with E-state index in [-0.39, 0.29) is 11.9 Å². The van der Waals surface area contributed by atoms with Crippen LogP contribution in [0.1, 0.15) is 18.5 Å². The Labute approximate surface area is 166 Å². The van der Waals surface area contributed by atoms with E-state index in [4.69, 9.17) is 27.9 Å². The zero-order valence-electron chi connectivity index (χ0n) is 14.6. The van der Waals surface area contributed by atoms with Crippen LogP contribution in [-0.2, 0) is 4.79 Å². The Balaban J connectivity index is 1.92. The number of amides is 3. The van der Waals surface area contributed by atoms with Crippen molar-refractivity contribution in [2.45, 2.75) is 13.0 Å². The fraction of sp³-hybridized carbons (Fsp3) is 0.158. The Morgan fingerprint density at radius 3 is 2.44 bits per heavy atom. The van der Waals surface area contributed by atoms with E-state index in [1.165, 1.54) is 0 Å². The molecule has 8 heteroatoms. The van der Waals surface area contributed by atoms with Gasteiger partial charge in [0, 0.05) is 11.4 Å². The largest absolute Gasteiger partial charge is 0.497 e. The molecule has 0 spiro atoms. The normalized spacial score (nSPS) is 16.4. The fourth-order valence-electron chi connectivity index (χ4n) is 2.81. The van der Waals surface area contributed by atoms with Crippen LogP contribution >= 0.6 is 23.2 Å². The second-order valence-corrected chi connectivity index (χ2v) is 6.74. The van der Waals surface area contributed by atoms with Crippen LogP contribution in [-0.4, -0.2) is 19.0 Å². The van der Waals surface area contributed by atoms with E-state index in [0.29, 0.717) is 32.8 Å². The van der Waals surface area contributed by atoms with Gasteiger partial charge in [0.15, 0.2) is 0 Å². The van der Waals surface area contributed by atoms with Crippen molar-refractivity contribution in [3.63, 3.8) is 0 Å². The summed E-state index contributed by atoms with van der Waals surface area (Å²) in [5.41, 5.74) is 2.12. The first-order valence-electron chi connectivity index (χ1n) is 8.07. The molecule has 0 aromatic heterocycles. The van der Waals surface area contributed by atoms with Crippen molar-refractivity contribution in [1.82, 2.24) is 10.6 Å². The number of benzene rings is 2. The molecule has 3 N–H and O–H groups in total. The van der Waals surface area contributed by atoms with E-state index in [1.807, 2.05) is 0 Å². The third kappa shape index (κ3) is 4.18. The first kappa shape index (κ1) is 19.1. The maximum Gasteiger partial charge on any atom is 0.319 e. The van der Waals surface area contributed by atoms with Gasteiger partial charge in [-0.2, -0.15) is 0 Å². The SMILES string of the molecule is COc1ccc(C2NC(=O)NC(C)=C2C(=O)Nc2ccc(Cl)c(Cl)c2)cc1. The molecule has 0 fully saturated rings. The van der Waals surface area contributed by atoms with E-state index in [9.17, 15) is 9.59 Å². The zero-order chi connectivity index (χ0) is 19.6. The maximum absolute atomic E-state index is 12.9. The number of urea groups is 1. The Kier molecular flexibility index (Phi) is 5.58. The van der Waals surface area contributed by atoms with Crippen LogP contribution in [0.5, 0.6) is 5.75 Å². The van der Waals surface area contributed by atoms with Gasteiger partial charge in [0.25, 0.3) is 5.91 Å². The number of ether oxygens (including phenoxy) is 1. The average molecular weight is 406 g/mol. The number of hydrogen-bond acceptors (Lipinski definition) is 3. The molecule has 27 heavy (non-hydrogen) atoms. The zero-order valence-corrected chi connectivity index (χ0v) is 16.1. The summed E-state index contributed by atoms with van der Waals surface area (Å²) in [6.45, 7) is 1.68. The number of nitrogens with one attached hydrogen (secondary N) is 3. The molecule has 1 heterocycles. The van der Waals surface area contributed by atoms with Gasteiger partial charge in [-0.05, 0) is 42.8 Å². The molecule has 1 atom stereocenters. The summed E-state index contributed by atoms with van der Waals surface area (Å²) in [6, 6.07) is 11.0. The van der Waals surface area contributed by atoms with Gasteiger partial charge in [-0.3, -0.25) is 4.79 Å². The lowest BCUT2D eigenvalue weighted by molar-refractivity contribution is -0.113. The number of methoxy groups -OCH3 is 1. The van der Waals surface area contributed by atoms with Crippen LogP contribution in [0.3, 0.4) is 0 Å². The van der Waals surface area contributed by atoms with Crippen LogP contribution < -0.4 is 20.7 Å². The number of carbonyl (C=O) groups excluding carboxylic acids is 2. The smallest absolute Gasteiger partial charge is 0.319 e. The molecule has 1 aliphatic heterocycles. The predicted octanol–water partition coefficient (Wildman–Crippen LogP) is 4.27. The van der Waals surface area contributed by atoms with Gasteiger partial charge in [0.2, 0.25) is 0 Å². The number of halogens is 2. The molecule has 6 nitrogen and oxygen atoms in total. The van der Waals surface area contributed by atoms with E-state index >= 15 is 0 Å². The number of anilines is 1. The summed E-state index contributed by atoms with van der Waals surface area (Å²) in [5, 5.41) is 8.94. The van der Waals surface area contributed by atoms with E-state index in [2.05, 4.69) is 16.0 Å². The van der Waals surface area contributed by atoms with Crippen molar-refractivity contribution < 1.29 is 14.3 Å². The first-order valence-corrected chi connectivity index (χ1v) is 8.83. The summed E-state index contributed by atoms with van der Waals surface area (Å²) < 4.78 is 5.16. The monoisotopic (exact) mass is 405 g/mol. The standard InChI is InChI=1S/C19H17Cl2N3O3/c1-10-16(18(25)23-12-5-8-14(20)15(21)9-12)17(24-19(26)22-10)11-3-6-13(27-2)7-4-11/h3-9,17H,1-2H3,(H,23,25)(H2,22,24,26). The van der Waals surface area contributed by atoms with E-state index in [0.717, 1.165) is 5.56 Å². The Hall–Kier alpha value is -2.70. The highest BCUT2D eigenvalue weighted by Crippen LogP contribution is 2.30. The minimum Gasteiger partial charge on any atom is -0.497 e. The van der Waals surface area contributed by atoms with Gasteiger partial charge in [0.05, 0.1) is 28.8 Å². The van der Waals surface area contributed by atoms with Gasteiger partial charge in [0.1, 0.15) is 5.75 Å². The lowest BCUT2D eigenvalue weighted by Crippen LogP contribution is -2.45. The molecule has 3 amide bonds. The molecule has 1 unspecified atom stereocenters. The summed E-state index contributed by atoms with van der Waals surface area (Å²) in [5.74, 6) is 0.320. The van der Waals surface area contributed by atoms with Crippen LogP contribution in [0, 0.1) is 0 Å². The third-order valence-corrected chi connectivity index (χ3v) is 4.88. The van der Waals surface area contributed by atoms with Crippen LogP contribution in [0.4, 0.5) is 10.5 Å². The molecular weight excluding hydrogens is 389 g/mol. The molecule has 2 aromatic carbocycles. The summed E-state index contributed by atoms with van der Waals surface area (Å²) in [7, 11) is 1.57. The van der Waals surface area contributed by atoms with Crippen molar-refractivity contribution >= 4 is 40.8 Å². The first-order chi connectivity index (χ1) is 12.9. The Morgan fingerprint density at radius 1 is 1.11 bits per heavy atom. The fourth-order valence-corrected chi connectivity index (χ4v) is 3.11. The Bertz CT molecular complexity index is 926. The van der Waals surface area contributed by atoms with Crippen LogP contribution in [0.2, 0.25) is 10.0 Å². The van der Waals surface area contributed by atoms with Crippen molar-refractivity contribution in [3.8, 4) is 5.75 Å². The lowest BCUT2D eigenvalue weighted by atomic mass is 9.94. The third-order valence-electron chi connectivity index (χ3n) is 4.14. The van der Waals surface area contributed by atoms with Gasteiger partial charge >= 0.3 is 6.03 Å². The quantitative estimate of drug-likeness (QED) is 0.710. The molecule has 0 bridgehead atoms. The second kappa shape index (κ2) is 7.90. The number of allylic oxidation sites excluding steroid dienone is 1. The predicted molar refractivity (Wildman–Crippen MR) is 105 cm³/mol. The van der Waals surface area contributed by atoms with Gasteiger partial charge in [-0.1, -0.05) is 35.3 Å². The number of hydrogen-bond donors (Lipinski definition) is 3. The van der Waals surface area contributed by atoms with Crippen LogP contribution in [0.15, 0.2) is 53.7 Å². The Morgan fingerprint density at radius 2 is 1.81 bits per heavy atom. The lowest BCUT2D eigenvalue weighted by Gasteiger charge is -2.28. The van der Waals surface area contributed by atoms with Crippen molar-refractivity contribution in [2.24, 2.45) is 0 Å². The molecule has 3 rings (SSSR count). The molecule has 1 aliphatic rings. The molecule has 0 saturated carbocycles. The van der Waals surface area contributed by atoms with E-state index in [1.54, 1.807) is 56.5 Å². The van der Waals surface area contributed by atoms with Crippen molar-refractivity contribution in [2.75, 3.05) is 12.4 Å². The highest BCUT2D eigenvalue weighted by atomic mass is 35.5. The minimum absolute atomic E-state index is 0.335. The molecule has 140 valence electrons. The number of carbonyl (C=O) groups is 2. The average Bonchev–Trinajstić information content (AvgIpc) is 2.64.